The van der Waals surface area contributed by atoms with Crippen molar-refractivity contribution < 1.29 is 4.39 Å². The minimum Gasteiger partial charge on any atom is -0.316 e. The molecule has 0 aliphatic carbocycles. The molecule has 0 fully saturated rings. The van der Waals surface area contributed by atoms with Crippen LogP contribution in [0.3, 0.4) is 0 Å². The molecule has 2 aromatic heterocycles. The lowest BCUT2D eigenvalue weighted by Gasteiger charge is -2.07. The summed E-state index contributed by atoms with van der Waals surface area (Å²) in [6.07, 6.45) is 4.48. The smallest absolute Gasteiger partial charge is 0.190 e. The Hall–Kier alpha value is -2.27. The predicted molar refractivity (Wildman–Crippen MR) is 87.5 cm³/mol. The number of pyridine rings is 1. The minimum atomic E-state index is -0.221. The lowest BCUT2D eigenvalue weighted by Crippen LogP contribution is -2.15. The van der Waals surface area contributed by atoms with Gasteiger partial charge in [-0.15, -0.1) is 11.3 Å². The Labute approximate surface area is 132 Å². The van der Waals surface area contributed by atoms with Gasteiger partial charge in [-0.1, -0.05) is 6.92 Å². The van der Waals surface area contributed by atoms with Crippen LogP contribution in [0.25, 0.3) is 11.3 Å². The monoisotopic (exact) mass is 313 g/mol. The molecule has 0 aliphatic rings. The number of nitrogens with zero attached hydrogens (tertiary/aromatic N) is 3. The largest absolute Gasteiger partial charge is 0.316 e. The number of aromatic nitrogens is 2. The lowest BCUT2D eigenvalue weighted by atomic mass is 10.1. The Morgan fingerprint density at radius 1 is 1.23 bits per heavy atom. The third-order valence-electron chi connectivity index (χ3n) is 3.26. The van der Waals surface area contributed by atoms with Crippen molar-refractivity contribution in [3.05, 3.63) is 64.8 Å². The summed E-state index contributed by atoms with van der Waals surface area (Å²) < 4.78 is 15.3. The standard InChI is InChI=1S/C17H16FN3S/c1-2-10-21-16(13-5-7-14(18)8-6-13)12-22-17(21)20-15-4-3-9-19-11-15/h3-9,11-12H,2,10H2,1H3. The highest BCUT2D eigenvalue weighted by molar-refractivity contribution is 7.07. The van der Waals surface area contributed by atoms with Gasteiger partial charge in [0.2, 0.25) is 0 Å². The fourth-order valence-electron chi connectivity index (χ4n) is 2.24. The van der Waals surface area contributed by atoms with Crippen LogP contribution >= 0.6 is 11.3 Å². The number of rotatable bonds is 4. The Morgan fingerprint density at radius 2 is 2.05 bits per heavy atom. The highest BCUT2D eigenvalue weighted by Gasteiger charge is 2.07. The Kier molecular flexibility index (Phi) is 4.44. The molecule has 2 heterocycles. The van der Waals surface area contributed by atoms with Gasteiger partial charge in [-0.3, -0.25) is 4.98 Å². The summed E-state index contributed by atoms with van der Waals surface area (Å²) in [6.45, 7) is 3.00. The van der Waals surface area contributed by atoms with Crippen LogP contribution in [0, 0.1) is 5.82 Å². The summed E-state index contributed by atoms with van der Waals surface area (Å²) in [7, 11) is 0. The zero-order valence-corrected chi connectivity index (χ0v) is 13.1. The number of thiazole rings is 1. The first-order valence-corrected chi connectivity index (χ1v) is 8.05. The highest BCUT2D eigenvalue weighted by atomic mass is 32.1. The highest BCUT2D eigenvalue weighted by Crippen LogP contribution is 2.21. The van der Waals surface area contributed by atoms with E-state index < -0.39 is 0 Å². The Bertz CT molecular complexity index is 804. The molecule has 5 heteroatoms. The van der Waals surface area contributed by atoms with Gasteiger partial charge in [-0.25, -0.2) is 9.38 Å². The van der Waals surface area contributed by atoms with E-state index in [1.807, 2.05) is 12.1 Å². The summed E-state index contributed by atoms with van der Waals surface area (Å²) in [4.78, 5) is 9.68. The summed E-state index contributed by atoms with van der Waals surface area (Å²) in [5.41, 5.74) is 2.90. The second kappa shape index (κ2) is 6.66. The van der Waals surface area contributed by atoms with E-state index in [9.17, 15) is 4.39 Å². The average Bonchev–Trinajstić information content (AvgIpc) is 2.92. The molecule has 112 valence electrons. The number of benzene rings is 1. The van der Waals surface area contributed by atoms with Crippen LogP contribution < -0.4 is 4.80 Å². The molecule has 0 spiro atoms. The van der Waals surface area contributed by atoms with E-state index in [-0.39, 0.29) is 5.82 Å². The van der Waals surface area contributed by atoms with E-state index in [1.165, 1.54) is 12.1 Å². The van der Waals surface area contributed by atoms with Gasteiger partial charge in [0.05, 0.1) is 17.6 Å². The molecule has 22 heavy (non-hydrogen) atoms. The van der Waals surface area contributed by atoms with Crippen LogP contribution in [0.4, 0.5) is 10.1 Å². The molecule has 0 saturated heterocycles. The van der Waals surface area contributed by atoms with Crippen LogP contribution in [0.1, 0.15) is 13.3 Å². The first kappa shape index (κ1) is 14.7. The predicted octanol–water partition coefficient (Wildman–Crippen LogP) is 4.39. The van der Waals surface area contributed by atoms with Gasteiger partial charge in [0.15, 0.2) is 4.80 Å². The zero-order chi connectivity index (χ0) is 15.4. The van der Waals surface area contributed by atoms with Crippen molar-refractivity contribution >= 4 is 17.0 Å². The van der Waals surface area contributed by atoms with Gasteiger partial charge in [0.1, 0.15) is 5.82 Å². The average molecular weight is 313 g/mol. The third kappa shape index (κ3) is 3.14. The van der Waals surface area contributed by atoms with Gasteiger partial charge in [0, 0.05) is 18.1 Å². The SMILES string of the molecule is CCCn1c(-c2ccc(F)cc2)csc1=Nc1cccnc1. The Balaban J connectivity index is 2.09. The molecular formula is C17H16FN3S. The molecular weight excluding hydrogens is 297 g/mol. The van der Waals surface area contributed by atoms with Crippen molar-refractivity contribution in [2.45, 2.75) is 19.9 Å². The molecule has 3 nitrogen and oxygen atoms in total. The van der Waals surface area contributed by atoms with E-state index >= 15 is 0 Å². The molecule has 3 aromatic rings. The van der Waals surface area contributed by atoms with E-state index in [0.717, 1.165) is 34.7 Å². The van der Waals surface area contributed by atoms with Crippen LogP contribution in [0.15, 0.2) is 59.2 Å². The van der Waals surface area contributed by atoms with Crippen molar-refractivity contribution in [1.29, 1.82) is 0 Å². The number of hydrogen-bond donors (Lipinski definition) is 0. The maximum atomic E-state index is 13.1. The topological polar surface area (TPSA) is 30.2 Å². The molecule has 1 aromatic carbocycles. The summed E-state index contributed by atoms with van der Waals surface area (Å²) in [6, 6.07) is 10.4. The van der Waals surface area contributed by atoms with E-state index in [0.29, 0.717) is 0 Å². The Morgan fingerprint density at radius 3 is 2.73 bits per heavy atom. The second-order valence-electron chi connectivity index (χ2n) is 4.89. The maximum Gasteiger partial charge on any atom is 0.190 e. The number of hydrogen-bond acceptors (Lipinski definition) is 3. The van der Waals surface area contributed by atoms with Gasteiger partial charge in [-0.2, -0.15) is 0 Å². The maximum absolute atomic E-state index is 13.1. The fourth-order valence-corrected chi connectivity index (χ4v) is 3.20. The van der Waals surface area contributed by atoms with Crippen LogP contribution in [-0.2, 0) is 6.54 Å². The molecule has 0 radical (unpaired) electrons. The molecule has 0 saturated carbocycles. The van der Waals surface area contributed by atoms with Gasteiger partial charge >= 0.3 is 0 Å². The number of halogens is 1. The third-order valence-corrected chi connectivity index (χ3v) is 4.12. The second-order valence-corrected chi connectivity index (χ2v) is 5.72. The van der Waals surface area contributed by atoms with Crippen molar-refractivity contribution in [2.24, 2.45) is 4.99 Å². The lowest BCUT2D eigenvalue weighted by molar-refractivity contribution is 0.627. The normalized spacial score (nSPS) is 11.8. The summed E-state index contributed by atoms with van der Waals surface area (Å²) in [5.74, 6) is -0.221. The molecule has 0 N–H and O–H groups in total. The molecule has 0 bridgehead atoms. The molecule has 0 amide bonds. The molecule has 0 unspecified atom stereocenters. The van der Waals surface area contributed by atoms with Crippen molar-refractivity contribution in [3.63, 3.8) is 0 Å². The van der Waals surface area contributed by atoms with E-state index in [4.69, 9.17) is 0 Å². The first-order chi connectivity index (χ1) is 10.8. The van der Waals surface area contributed by atoms with Crippen molar-refractivity contribution in [2.75, 3.05) is 0 Å². The zero-order valence-electron chi connectivity index (χ0n) is 12.2. The van der Waals surface area contributed by atoms with E-state index in [2.05, 4.69) is 26.8 Å². The molecule has 0 atom stereocenters. The fraction of sp³-hybridized carbons (Fsp3) is 0.176. The van der Waals surface area contributed by atoms with Crippen molar-refractivity contribution in [3.8, 4) is 11.3 Å². The first-order valence-electron chi connectivity index (χ1n) is 7.17. The van der Waals surface area contributed by atoms with E-state index in [1.54, 1.807) is 35.9 Å². The van der Waals surface area contributed by atoms with Gasteiger partial charge in [-0.05, 0) is 48.4 Å². The quantitative estimate of drug-likeness (QED) is 0.702. The van der Waals surface area contributed by atoms with Crippen LogP contribution in [0.5, 0.6) is 0 Å². The molecule has 0 aliphatic heterocycles. The van der Waals surface area contributed by atoms with Gasteiger partial charge < -0.3 is 4.57 Å². The van der Waals surface area contributed by atoms with Crippen molar-refractivity contribution in [1.82, 2.24) is 9.55 Å². The minimum absolute atomic E-state index is 0.221. The van der Waals surface area contributed by atoms with Crippen LogP contribution in [0.2, 0.25) is 0 Å². The van der Waals surface area contributed by atoms with Gasteiger partial charge in [0.25, 0.3) is 0 Å². The molecule has 3 rings (SSSR count). The van der Waals surface area contributed by atoms with Crippen LogP contribution in [-0.4, -0.2) is 9.55 Å². The summed E-state index contributed by atoms with van der Waals surface area (Å²) >= 11 is 1.58. The summed E-state index contributed by atoms with van der Waals surface area (Å²) in [5, 5.41) is 2.07.